The van der Waals surface area contributed by atoms with Crippen LogP contribution in [-0.4, -0.2) is 54.0 Å². The Balaban J connectivity index is 1.70. The highest BCUT2D eigenvalue weighted by molar-refractivity contribution is 7.13. The number of carbonyl (C=O) groups is 1. The van der Waals surface area contributed by atoms with Gasteiger partial charge in [0, 0.05) is 56.7 Å². The number of likely N-dealkylation sites (N-methyl/N-ethyl adjacent to an activating group) is 1. The van der Waals surface area contributed by atoms with Crippen molar-refractivity contribution in [2.24, 2.45) is 0 Å². The van der Waals surface area contributed by atoms with E-state index in [1.165, 1.54) is 11.3 Å². The average Bonchev–Trinajstić information content (AvgIpc) is 3.10. The molecular weight excluding hydrogens is 298 g/mol. The zero-order valence-corrected chi connectivity index (χ0v) is 13.3. The van der Waals surface area contributed by atoms with E-state index in [9.17, 15) is 4.79 Å². The van der Waals surface area contributed by atoms with Gasteiger partial charge in [-0.05, 0) is 11.6 Å². The Morgan fingerprint density at radius 2 is 2.45 bits per heavy atom. The van der Waals surface area contributed by atoms with Crippen LogP contribution >= 0.6 is 11.3 Å². The fourth-order valence-electron chi connectivity index (χ4n) is 2.61. The number of hydrogen-bond donors (Lipinski definition) is 1. The molecule has 0 saturated carbocycles. The van der Waals surface area contributed by atoms with Gasteiger partial charge in [0.15, 0.2) is 5.13 Å². The summed E-state index contributed by atoms with van der Waals surface area (Å²) < 4.78 is 0. The highest BCUT2D eigenvalue weighted by Crippen LogP contribution is 2.22. The maximum atomic E-state index is 12.5. The van der Waals surface area contributed by atoms with Gasteiger partial charge in [0.25, 0.3) is 0 Å². The molecule has 1 amide bonds. The molecule has 3 rings (SSSR count). The molecule has 0 spiro atoms. The number of anilines is 1. The fraction of sp³-hybridized carbons (Fsp3) is 0.400. The first-order valence-electron chi connectivity index (χ1n) is 7.26. The lowest BCUT2D eigenvalue weighted by Gasteiger charge is -2.36. The van der Waals surface area contributed by atoms with Crippen LogP contribution in [0.2, 0.25) is 0 Å². The summed E-state index contributed by atoms with van der Waals surface area (Å²) in [6.07, 6.45) is 5.36. The third-order valence-corrected chi connectivity index (χ3v) is 4.69. The first-order chi connectivity index (χ1) is 10.8. The summed E-state index contributed by atoms with van der Waals surface area (Å²) in [5.41, 5.74) is 1.14. The third-order valence-electron chi connectivity index (χ3n) is 3.84. The van der Waals surface area contributed by atoms with Crippen molar-refractivity contribution in [1.82, 2.24) is 20.2 Å². The Kier molecular flexibility index (Phi) is 4.77. The standard InChI is InChI=1S/C15H19N5OS/c1-19(15-18-6-8-22-15)14(21)11-20-7-5-17-10-13(20)12-3-2-4-16-9-12/h2-4,6,8-9,13,17H,5,7,10-11H2,1H3. The quantitative estimate of drug-likeness (QED) is 0.916. The minimum absolute atomic E-state index is 0.0609. The summed E-state index contributed by atoms with van der Waals surface area (Å²) in [4.78, 5) is 24.7. The van der Waals surface area contributed by atoms with E-state index in [1.54, 1.807) is 24.3 Å². The molecule has 0 aliphatic carbocycles. The van der Waals surface area contributed by atoms with Crippen LogP contribution in [0, 0.1) is 0 Å². The Morgan fingerprint density at radius 3 is 3.18 bits per heavy atom. The van der Waals surface area contributed by atoms with Crippen LogP contribution in [-0.2, 0) is 4.79 Å². The minimum atomic E-state index is 0.0609. The first-order valence-corrected chi connectivity index (χ1v) is 8.14. The second-order valence-corrected chi connectivity index (χ2v) is 6.12. The van der Waals surface area contributed by atoms with Gasteiger partial charge >= 0.3 is 0 Å². The van der Waals surface area contributed by atoms with Crippen LogP contribution in [0.5, 0.6) is 0 Å². The van der Waals surface area contributed by atoms with Crippen LogP contribution in [0.4, 0.5) is 5.13 Å². The van der Waals surface area contributed by atoms with Gasteiger partial charge in [-0.3, -0.25) is 19.6 Å². The number of amides is 1. The molecule has 3 heterocycles. The van der Waals surface area contributed by atoms with Crippen LogP contribution < -0.4 is 10.2 Å². The number of nitrogens with one attached hydrogen (secondary N) is 1. The topological polar surface area (TPSA) is 61.4 Å². The molecule has 0 aromatic carbocycles. The van der Waals surface area contributed by atoms with Gasteiger partial charge < -0.3 is 5.32 Å². The molecule has 1 aliphatic rings. The van der Waals surface area contributed by atoms with Crippen molar-refractivity contribution in [3.05, 3.63) is 41.7 Å². The summed E-state index contributed by atoms with van der Waals surface area (Å²) in [6, 6.07) is 4.18. The molecule has 1 N–H and O–H groups in total. The van der Waals surface area contributed by atoms with Gasteiger partial charge in [0.1, 0.15) is 0 Å². The summed E-state index contributed by atoms with van der Waals surface area (Å²) in [6.45, 7) is 2.96. The molecule has 1 unspecified atom stereocenters. The van der Waals surface area contributed by atoms with Crippen molar-refractivity contribution >= 4 is 22.4 Å². The highest BCUT2D eigenvalue weighted by Gasteiger charge is 2.27. The van der Waals surface area contributed by atoms with Crippen molar-refractivity contribution in [1.29, 1.82) is 0 Å². The molecule has 1 aliphatic heterocycles. The summed E-state index contributed by atoms with van der Waals surface area (Å²) in [5, 5.41) is 6.00. The first kappa shape index (κ1) is 15.1. The van der Waals surface area contributed by atoms with Crippen molar-refractivity contribution in [3.8, 4) is 0 Å². The van der Waals surface area contributed by atoms with Crippen molar-refractivity contribution in [3.63, 3.8) is 0 Å². The number of carbonyl (C=O) groups excluding carboxylic acids is 1. The van der Waals surface area contributed by atoms with E-state index in [0.717, 1.165) is 30.3 Å². The Bertz CT molecular complexity index is 604. The van der Waals surface area contributed by atoms with Crippen LogP contribution in [0.25, 0.3) is 0 Å². The fourth-order valence-corrected chi connectivity index (χ4v) is 3.23. The predicted molar refractivity (Wildman–Crippen MR) is 86.9 cm³/mol. The molecule has 1 atom stereocenters. The third kappa shape index (κ3) is 3.32. The molecule has 6 nitrogen and oxygen atoms in total. The second-order valence-electron chi connectivity index (χ2n) is 5.24. The molecule has 1 fully saturated rings. The number of rotatable bonds is 4. The summed E-state index contributed by atoms with van der Waals surface area (Å²) in [5.74, 6) is 0.0609. The number of pyridine rings is 1. The van der Waals surface area contributed by atoms with E-state index in [4.69, 9.17) is 0 Å². The molecular formula is C15H19N5OS. The summed E-state index contributed by atoms with van der Waals surface area (Å²) in [7, 11) is 1.78. The second kappa shape index (κ2) is 6.95. The number of nitrogens with zero attached hydrogens (tertiary/aromatic N) is 4. The van der Waals surface area contributed by atoms with Crippen LogP contribution in [0.15, 0.2) is 36.1 Å². The molecule has 2 aromatic heterocycles. The Hall–Kier alpha value is -1.83. The lowest BCUT2D eigenvalue weighted by molar-refractivity contribution is -0.120. The van der Waals surface area contributed by atoms with E-state index in [0.29, 0.717) is 6.54 Å². The van der Waals surface area contributed by atoms with Crippen molar-refractivity contribution in [2.45, 2.75) is 6.04 Å². The lowest BCUT2D eigenvalue weighted by atomic mass is 10.1. The van der Waals surface area contributed by atoms with Gasteiger partial charge in [0.05, 0.1) is 6.54 Å². The predicted octanol–water partition coefficient (Wildman–Crippen LogP) is 1.15. The molecule has 2 aromatic rings. The molecule has 0 bridgehead atoms. The largest absolute Gasteiger partial charge is 0.314 e. The zero-order valence-electron chi connectivity index (χ0n) is 12.5. The maximum Gasteiger partial charge on any atom is 0.242 e. The normalized spacial score (nSPS) is 19.0. The SMILES string of the molecule is CN(C(=O)CN1CCNCC1c1cccnc1)c1nccs1. The zero-order chi connectivity index (χ0) is 15.4. The van der Waals surface area contributed by atoms with E-state index < -0.39 is 0 Å². The number of aromatic nitrogens is 2. The monoisotopic (exact) mass is 317 g/mol. The Labute approximate surface area is 133 Å². The van der Waals surface area contributed by atoms with Crippen molar-refractivity contribution < 1.29 is 4.79 Å². The molecule has 22 heavy (non-hydrogen) atoms. The van der Waals surface area contributed by atoms with Gasteiger partial charge in [0.2, 0.25) is 5.91 Å². The number of thiazole rings is 1. The van der Waals surface area contributed by atoms with E-state index >= 15 is 0 Å². The number of hydrogen-bond acceptors (Lipinski definition) is 6. The van der Waals surface area contributed by atoms with Gasteiger partial charge in [-0.25, -0.2) is 4.98 Å². The molecule has 0 radical (unpaired) electrons. The summed E-state index contributed by atoms with van der Waals surface area (Å²) >= 11 is 1.47. The minimum Gasteiger partial charge on any atom is -0.314 e. The molecule has 116 valence electrons. The smallest absolute Gasteiger partial charge is 0.242 e. The Morgan fingerprint density at radius 1 is 1.55 bits per heavy atom. The molecule has 7 heteroatoms. The van der Waals surface area contributed by atoms with Gasteiger partial charge in [-0.2, -0.15) is 0 Å². The lowest BCUT2D eigenvalue weighted by Crippen LogP contribution is -2.49. The average molecular weight is 317 g/mol. The number of piperazine rings is 1. The molecule has 1 saturated heterocycles. The van der Waals surface area contributed by atoms with E-state index in [1.807, 2.05) is 17.6 Å². The highest BCUT2D eigenvalue weighted by atomic mass is 32.1. The van der Waals surface area contributed by atoms with Crippen LogP contribution in [0.1, 0.15) is 11.6 Å². The maximum absolute atomic E-state index is 12.5. The van der Waals surface area contributed by atoms with Gasteiger partial charge in [-0.15, -0.1) is 11.3 Å². The van der Waals surface area contributed by atoms with Crippen LogP contribution in [0.3, 0.4) is 0 Å². The van der Waals surface area contributed by atoms with Gasteiger partial charge in [-0.1, -0.05) is 6.07 Å². The van der Waals surface area contributed by atoms with E-state index in [-0.39, 0.29) is 11.9 Å². The van der Waals surface area contributed by atoms with E-state index in [2.05, 4.69) is 26.3 Å². The van der Waals surface area contributed by atoms with Crippen molar-refractivity contribution in [2.75, 3.05) is 38.1 Å².